The predicted molar refractivity (Wildman–Crippen MR) is 92.4 cm³/mol. The van der Waals surface area contributed by atoms with Crippen LogP contribution in [-0.4, -0.2) is 9.55 Å². The first-order valence-electron chi connectivity index (χ1n) is 6.11. The highest BCUT2D eigenvalue weighted by Gasteiger charge is 2.09. The fraction of sp³-hybridized carbons (Fsp3) is 0.133. The molecule has 3 nitrogen and oxygen atoms in total. The molecule has 0 aliphatic rings. The van der Waals surface area contributed by atoms with Crippen molar-refractivity contribution in [3.05, 3.63) is 58.1 Å². The third-order valence-corrected chi connectivity index (χ3v) is 3.96. The summed E-state index contributed by atoms with van der Waals surface area (Å²) < 4.78 is 3.13. The average Bonchev–Trinajstić information content (AvgIpc) is 2.69. The maximum absolute atomic E-state index is 6.02. The molecule has 0 radical (unpaired) electrons. The van der Waals surface area contributed by atoms with Gasteiger partial charge in [-0.25, -0.2) is 4.98 Å². The van der Waals surface area contributed by atoms with Crippen LogP contribution >= 0.6 is 32.9 Å². The predicted octanol–water partition coefficient (Wildman–Crippen LogP) is 4.32. The van der Waals surface area contributed by atoms with Gasteiger partial charge in [-0.05, 0) is 36.2 Å². The molecule has 0 aliphatic carbocycles. The number of aryl methyl sites for hydroxylation is 1. The van der Waals surface area contributed by atoms with Crippen molar-refractivity contribution in [1.29, 1.82) is 0 Å². The number of imidazole rings is 1. The Morgan fingerprint density at radius 3 is 2.70 bits per heavy atom. The number of nitrogens with zero attached hydrogens (tertiary/aromatic N) is 2. The van der Waals surface area contributed by atoms with E-state index in [2.05, 4.69) is 46.0 Å². The van der Waals surface area contributed by atoms with E-state index in [0.717, 1.165) is 15.5 Å². The van der Waals surface area contributed by atoms with Crippen LogP contribution in [0.3, 0.4) is 0 Å². The summed E-state index contributed by atoms with van der Waals surface area (Å²) in [5, 5.41) is 0. The van der Waals surface area contributed by atoms with Gasteiger partial charge in [0.05, 0.1) is 17.6 Å². The molecule has 1 heterocycles. The molecule has 0 unspecified atom stereocenters. The molecule has 104 valence electrons. The van der Waals surface area contributed by atoms with Crippen molar-refractivity contribution < 1.29 is 0 Å². The van der Waals surface area contributed by atoms with E-state index in [1.54, 1.807) is 0 Å². The molecule has 0 saturated heterocycles. The van der Waals surface area contributed by atoms with Gasteiger partial charge in [-0.15, -0.1) is 17.0 Å². The van der Waals surface area contributed by atoms with Crippen molar-refractivity contribution >= 4 is 49.9 Å². The number of benzene rings is 2. The van der Waals surface area contributed by atoms with Crippen LogP contribution in [0.25, 0.3) is 11.0 Å². The maximum Gasteiger partial charge on any atom is 0.201 e. The Balaban J connectivity index is 0.00000147. The van der Waals surface area contributed by atoms with Gasteiger partial charge in [0.15, 0.2) is 0 Å². The summed E-state index contributed by atoms with van der Waals surface area (Å²) in [6.45, 7) is 2.79. The van der Waals surface area contributed by atoms with E-state index in [1.807, 2.05) is 28.8 Å². The van der Waals surface area contributed by atoms with Gasteiger partial charge < -0.3 is 10.3 Å². The van der Waals surface area contributed by atoms with Crippen LogP contribution in [0.1, 0.15) is 11.1 Å². The van der Waals surface area contributed by atoms with Crippen LogP contribution in [0.5, 0.6) is 0 Å². The minimum atomic E-state index is 0. The lowest BCUT2D eigenvalue weighted by atomic mass is 10.1. The lowest BCUT2D eigenvalue weighted by Gasteiger charge is -2.09. The van der Waals surface area contributed by atoms with Crippen LogP contribution in [0.15, 0.2) is 46.9 Å². The molecule has 5 heteroatoms. The number of hydrogen-bond donors (Lipinski definition) is 1. The standard InChI is InChI=1S/C15H14BrN3.BrH/c1-10-6-7-11(12(16)8-10)9-19-14-5-3-2-4-13(14)18-15(19)17;/h2-8H,9H2,1H3,(H2,17,18);1H. The van der Waals surface area contributed by atoms with Crippen molar-refractivity contribution in [2.45, 2.75) is 13.5 Å². The van der Waals surface area contributed by atoms with Gasteiger partial charge in [0.2, 0.25) is 5.95 Å². The molecule has 0 fully saturated rings. The minimum absolute atomic E-state index is 0. The normalized spacial score (nSPS) is 10.5. The highest BCUT2D eigenvalue weighted by atomic mass is 79.9. The monoisotopic (exact) mass is 395 g/mol. The molecule has 0 aliphatic heterocycles. The first-order chi connectivity index (χ1) is 9.15. The van der Waals surface area contributed by atoms with Crippen LogP contribution in [-0.2, 0) is 6.54 Å². The molecule has 2 aromatic carbocycles. The Morgan fingerprint density at radius 2 is 1.95 bits per heavy atom. The number of rotatable bonds is 2. The molecule has 3 rings (SSSR count). The summed E-state index contributed by atoms with van der Waals surface area (Å²) in [6.07, 6.45) is 0. The number of nitrogen functional groups attached to an aromatic ring is 1. The lowest BCUT2D eigenvalue weighted by Crippen LogP contribution is -2.05. The maximum atomic E-state index is 6.02. The Hall–Kier alpha value is -1.33. The number of halogens is 2. The third kappa shape index (κ3) is 2.74. The van der Waals surface area contributed by atoms with E-state index >= 15 is 0 Å². The molecule has 2 N–H and O–H groups in total. The second kappa shape index (κ2) is 5.97. The Kier molecular flexibility index (Phi) is 4.50. The largest absolute Gasteiger partial charge is 0.369 e. The van der Waals surface area contributed by atoms with E-state index in [4.69, 9.17) is 5.73 Å². The summed E-state index contributed by atoms with van der Waals surface area (Å²) in [5.41, 5.74) is 10.4. The second-order valence-electron chi connectivity index (χ2n) is 4.64. The van der Waals surface area contributed by atoms with Crippen LogP contribution in [0.2, 0.25) is 0 Å². The molecule has 20 heavy (non-hydrogen) atoms. The van der Waals surface area contributed by atoms with Crippen molar-refractivity contribution in [3.63, 3.8) is 0 Å². The Morgan fingerprint density at radius 1 is 1.20 bits per heavy atom. The molecule has 0 saturated carbocycles. The van der Waals surface area contributed by atoms with Crippen molar-refractivity contribution in [1.82, 2.24) is 9.55 Å². The second-order valence-corrected chi connectivity index (χ2v) is 5.49. The topological polar surface area (TPSA) is 43.8 Å². The zero-order chi connectivity index (χ0) is 13.4. The van der Waals surface area contributed by atoms with Gasteiger partial charge in [0.25, 0.3) is 0 Å². The molecular weight excluding hydrogens is 382 g/mol. The van der Waals surface area contributed by atoms with Gasteiger partial charge in [-0.2, -0.15) is 0 Å². The van der Waals surface area contributed by atoms with Gasteiger partial charge in [-0.3, -0.25) is 0 Å². The van der Waals surface area contributed by atoms with Crippen molar-refractivity contribution in [3.8, 4) is 0 Å². The molecule has 3 aromatic rings. The summed E-state index contributed by atoms with van der Waals surface area (Å²) in [5.74, 6) is 0.550. The van der Waals surface area contributed by atoms with Gasteiger partial charge in [0, 0.05) is 4.47 Å². The van der Waals surface area contributed by atoms with Gasteiger partial charge in [0.1, 0.15) is 0 Å². The minimum Gasteiger partial charge on any atom is -0.369 e. The van der Waals surface area contributed by atoms with Crippen molar-refractivity contribution in [2.24, 2.45) is 0 Å². The lowest BCUT2D eigenvalue weighted by molar-refractivity contribution is 0.834. The molecule has 0 amide bonds. The van der Waals surface area contributed by atoms with Gasteiger partial charge in [-0.1, -0.05) is 40.2 Å². The fourth-order valence-corrected chi connectivity index (χ4v) is 2.83. The third-order valence-electron chi connectivity index (χ3n) is 3.22. The zero-order valence-electron chi connectivity index (χ0n) is 11.0. The van der Waals surface area contributed by atoms with Crippen LogP contribution < -0.4 is 5.73 Å². The van der Waals surface area contributed by atoms with Gasteiger partial charge >= 0.3 is 0 Å². The zero-order valence-corrected chi connectivity index (χ0v) is 14.3. The molecule has 1 aromatic heterocycles. The molecule has 0 atom stereocenters. The van der Waals surface area contributed by atoms with Crippen molar-refractivity contribution in [2.75, 3.05) is 5.73 Å². The molecule has 0 bridgehead atoms. The van der Waals surface area contributed by atoms with E-state index < -0.39 is 0 Å². The summed E-state index contributed by atoms with van der Waals surface area (Å²) in [7, 11) is 0. The number of aromatic nitrogens is 2. The number of para-hydroxylation sites is 2. The number of hydrogen-bond acceptors (Lipinski definition) is 2. The van der Waals surface area contributed by atoms with E-state index in [-0.39, 0.29) is 17.0 Å². The van der Waals surface area contributed by atoms with Crippen LogP contribution in [0, 0.1) is 6.92 Å². The number of anilines is 1. The number of fused-ring (bicyclic) bond motifs is 1. The van der Waals surface area contributed by atoms with E-state index in [9.17, 15) is 0 Å². The van der Waals surface area contributed by atoms with Crippen LogP contribution in [0.4, 0.5) is 5.95 Å². The Labute approximate surface area is 136 Å². The first kappa shape index (κ1) is 15.1. The molecular formula is C15H15Br2N3. The average molecular weight is 397 g/mol. The molecule has 0 spiro atoms. The summed E-state index contributed by atoms with van der Waals surface area (Å²) in [4.78, 5) is 4.38. The first-order valence-corrected chi connectivity index (χ1v) is 6.90. The fourth-order valence-electron chi connectivity index (χ4n) is 2.21. The Bertz CT molecular complexity index is 750. The number of nitrogens with two attached hydrogens (primary N) is 1. The summed E-state index contributed by atoms with van der Waals surface area (Å²) in [6, 6.07) is 14.3. The quantitative estimate of drug-likeness (QED) is 0.701. The SMILES string of the molecule is Br.Cc1ccc(Cn2c(N)nc3ccccc32)c(Br)c1. The highest BCUT2D eigenvalue weighted by Crippen LogP contribution is 2.23. The van der Waals surface area contributed by atoms with E-state index in [1.165, 1.54) is 11.1 Å². The summed E-state index contributed by atoms with van der Waals surface area (Å²) >= 11 is 3.61. The highest BCUT2D eigenvalue weighted by molar-refractivity contribution is 9.10. The smallest absolute Gasteiger partial charge is 0.201 e. The van der Waals surface area contributed by atoms with E-state index in [0.29, 0.717) is 12.5 Å².